The van der Waals surface area contributed by atoms with Crippen LogP contribution >= 0.6 is 0 Å². The van der Waals surface area contributed by atoms with E-state index in [0.29, 0.717) is 13.0 Å². The zero-order chi connectivity index (χ0) is 18.1. The lowest BCUT2D eigenvalue weighted by atomic mass is 9.90. The number of rotatable bonds is 4. The van der Waals surface area contributed by atoms with Crippen molar-refractivity contribution in [3.63, 3.8) is 0 Å². The van der Waals surface area contributed by atoms with Gasteiger partial charge < -0.3 is 10.0 Å². The number of nitrogens with zero attached hydrogens (tertiary/aromatic N) is 1. The van der Waals surface area contributed by atoms with Gasteiger partial charge in [-0.1, -0.05) is 19.1 Å². The van der Waals surface area contributed by atoms with E-state index in [1.54, 1.807) is 26.0 Å². The van der Waals surface area contributed by atoms with Gasteiger partial charge in [-0.2, -0.15) is 0 Å². The van der Waals surface area contributed by atoms with E-state index in [9.17, 15) is 23.1 Å². The fourth-order valence-electron chi connectivity index (χ4n) is 3.01. The first-order chi connectivity index (χ1) is 11.1. The van der Waals surface area contributed by atoms with Crippen LogP contribution in [0.4, 0.5) is 0 Å². The van der Waals surface area contributed by atoms with Crippen LogP contribution in [0.15, 0.2) is 29.2 Å². The SMILES string of the molecule is CC1CC(C(=O)O)CN(C(=O)c2ccccc2S(=O)(=O)C(C)C)C1. The van der Waals surface area contributed by atoms with Crippen molar-refractivity contribution >= 4 is 21.7 Å². The van der Waals surface area contributed by atoms with E-state index < -0.39 is 32.9 Å². The van der Waals surface area contributed by atoms with Crippen LogP contribution < -0.4 is 0 Å². The number of carbonyl (C=O) groups excluding carboxylic acids is 1. The van der Waals surface area contributed by atoms with Gasteiger partial charge in [-0.3, -0.25) is 9.59 Å². The highest BCUT2D eigenvalue weighted by Crippen LogP contribution is 2.26. The Bertz CT molecular complexity index is 741. The predicted octanol–water partition coefficient (Wildman–Crippen LogP) is 2.05. The lowest BCUT2D eigenvalue weighted by Crippen LogP contribution is -2.45. The van der Waals surface area contributed by atoms with Crippen LogP contribution in [-0.4, -0.2) is 48.6 Å². The lowest BCUT2D eigenvalue weighted by Gasteiger charge is -2.35. The van der Waals surface area contributed by atoms with Gasteiger partial charge in [0.2, 0.25) is 0 Å². The normalized spacial score (nSPS) is 21.8. The Kier molecular flexibility index (Phi) is 5.32. The van der Waals surface area contributed by atoms with Crippen LogP contribution in [0, 0.1) is 11.8 Å². The summed E-state index contributed by atoms with van der Waals surface area (Å²) in [5.41, 5.74) is 0.115. The Balaban J connectivity index is 2.39. The molecule has 0 saturated carbocycles. The van der Waals surface area contributed by atoms with Crippen molar-refractivity contribution in [2.45, 2.75) is 37.3 Å². The van der Waals surface area contributed by atoms with E-state index in [0.717, 1.165) is 0 Å². The molecule has 2 rings (SSSR count). The minimum absolute atomic E-state index is 0.00935. The summed E-state index contributed by atoms with van der Waals surface area (Å²) in [6, 6.07) is 6.14. The van der Waals surface area contributed by atoms with E-state index in [-0.39, 0.29) is 22.9 Å². The molecule has 24 heavy (non-hydrogen) atoms. The summed E-state index contributed by atoms with van der Waals surface area (Å²) in [5, 5.41) is 8.61. The van der Waals surface area contributed by atoms with Gasteiger partial charge in [0.1, 0.15) is 0 Å². The molecule has 7 heteroatoms. The van der Waals surface area contributed by atoms with Crippen LogP contribution in [0.1, 0.15) is 37.6 Å². The lowest BCUT2D eigenvalue weighted by molar-refractivity contribution is -0.143. The minimum Gasteiger partial charge on any atom is -0.481 e. The molecule has 1 amide bonds. The van der Waals surface area contributed by atoms with Crippen molar-refractivity contribution in [1.29, 1.82) is 0 Å². The molecule has 1 N–H and O–H groups in total. The maximum absolute atomic E-state index is 12.9. The summed E-state index contributed by atoms with van der Waals surface area (Å²) in [6.07, 6.45) is 0.519. The Morgan fingerprint density at radius 2 is 1.83 bits per heavy atom. The van der Waals surface area contributed by atoms with Crippen LogP contribution in [0.5, 0.6) is 0 Å². The molecule has 1 aliphatic rings. The van der Waals surface area contributed by atoms with Crippen LogP contribution in [-0.2, 0) is 14.6 Å². The molecule has 0 aliphatic carbocycles. The van der Waals surface area contributed by atoms with E-state index in [1.807, 2.05) is 6.92 Å². The minimum atomic E-state index is -3.60. The molecular formula is C17H23NO5S. The highest BCUT2D eigenvalue weighted by atomic mass is 32.2. The number of likely N-dealkylation sites (tertiary alicyclic amines) is 1. The highest BCUT2D eigenvalue weighted by Gasteiger charge is 2.34. The molecule has 132 valence electrons. The first-order valence-electron chi connectivity index (χ1n) is 7.99. The number of hydrogen-bond donors (Lipinski definition) is 1. The third-order valence-electron chi connectivity index (χ3n) is 4.34. The molecule has 0 radical (unpaired) electrons. The number of hydrogen-bond acceptors (Lipinski definition) is 4. The number of amides is 1. The molecule has 2 atom stereocenters. The van der Waals surface area contributed by atoms with Crippen molar-refractivity contribution < 1.29 is 23.1 Å². The summed E-state index contributed by atoms with van der Waals surface area (Å²) in [7, 11) is -3.60. The van der Waals surface area contributed by atoms with Gasteiger partial charge in [-0.25, -0.2) is 8.42 Å². The Morgan fingerprint density at radius 3 is 2.42 bits per heavy atom. The molecule has 0 spiro atoms. The topological polar surface area (TPSA) is 91.8 Å². The van der Waals surface area contributed by atoms with Crippen LogP contribution in [0.2, 0.25) is 0 Å². The van der Waals surface area contributed by atoms with E-state index in [2.05, 4.69) is 0 Å². The summed E-state index contributed by atoms with van der Waals surface area (Å²) in [6.45, 7) is 5.57. The summed E-state index contributed by atoms with van der Waals surface area (Å²) >= 11 is 0. The Labute approximate surface area is 142 Å². The van der Waals surface area contributed by atoms with E-state index in [4.69, 9.17) is 0 Å². The number of benzene rings is 1. The van der Waals surface area contributed by atoms with Gasteiger partial charge in [0.15, 0.2) is 9.84 Å². The molecule has 1 aromatic rings. The van der Waals surface area contributed by atoms with E-state index in [1.165, 1.54) is 17.0 Å². The molecule has 1 saturated heterocycles. The maximum atomic E-state index is 12.9. The van der Waals surface area contributed by atoms with Crippen molar-refractivity contribution in [1.82, 2.24) is 4.90 Å². The zero-order valence-corrected chi connectivity index (χ0v) is 14.9. The average molecular weight is 353 g/mol. The van der Waals surface area contributed by atoms with Crippen LogP contribution in [0.25, 0.3) is 0 Å². The molecule has 0 bridgehead atoms. The van der Waals surface area contributed by atoms with Gasteiger partial charge >= 0.3 is 5.97 Å². The Hall–Kier alpha value is -1.89. The zero-order valence-electron chi connectivity index (χ0n) is 14.1. The number of sulfone groups is 1. The summed E-state index contributed by atoms with van der Waals surface area (Å²) in [5.74, 6) is -1.92. The van der Waals surface area contributed by atoms with Gasteiger partial charge in [-0.15, -0.1) is 0 Å². The van der Waals surface area contributed by atoms with Gasteiger partial charge in [-0.05, 0) is 38.3 Å². The second-order valence-corrected chi connectivity index (χ2v) is 9.15. The molecule has 0 aromatic heterocycles. The molecule has 2 unspecified atom stereocenters. The third-order valence-corrected chi connectivity index (χ3v) is 6.55. The Morgan fingerprint density at radius 1 is 1.21 bits per heavy atom. The summed E-state index contributed by atoms with van der Waals surface area (Å²) in [4.78, 5) is 25.6. The third kappa shape index (κ3) is 3.61. The van der Waals surface area contributed by atoms with Crippen molar-refractivity contribution in [3.05, 3.63) is 29.8 Å². The van der Waals surface area contributed by atoms with Crippen molar-refractivity contribution in [2.75, 3.05) is 13.1 Å². The highest BCUT2D eigenvalue weighted by molar-refractivity contribution is 7.92. The molecule has 1 heterocycles. The monoisotopic (exact) mass is 353 g/mol. The smallest absolute Gasteiger partial charge is 0.308 e. The number of carboxylic acid groups (broad SMARTS) is 1. The van der Waals surface area contributed by atoms with Gasteiger partial charge in [0.25, 0.3) is 5.91 Å². The molecule has 6 nitrogen and oxygen atoms in total. The summed E-state index contributed by atoms with van der Waals surface area (Å²) < 4.78 is 25.0. The van der Waals surface area contributed by atoms with Crippen molar-refractivity contribution in [3.8, 4) is 0 Å². The molecule has 1 aromatic carbocycles. The van der Waals surface area contributed by atoms with Crippen LogP contribution in [0.3, 0.4) is 0 Å². The standard InChI is InChI=1S/C17H23NO5S/c1-11(2)24(22,23)15-7-5-4-6-14(15)16(19)18-9-12(3)8-13(10-18)17(20)21/h4-7,11-13H,8-10H2,1-3H3,(H,20,21). The number of carboxylic acids is 1. The second kappa shape index (κ2) is 6.93. The second-order valence-electron chi connectivity index (χ2n) is 6.68. The quantitative estimate of drug-likeness (QED) is 0.894. The maximum Gasteiger partial charge on any atom is 0.308 e. The first-order valence-corrected chi connectivity index (χ1v) is 9.54. The molecule has 1 fully saturated rings. The van der Waals surface area contributed by atoms with Gasteiger partial charge in [0.05, 0.1) is 21.6 Å². The first kappa shape index (κ1) is 18.4. The van der Waals surface area contributed by atoms with Gasteiger partial charge in [0, 0.05) is 13.1 Å². The largest absolute Gasteiger partial charge is 0.481 e. The predicted molar refractivity (Wildman–Crippen MR) is 89.6 cm³/mol. The number of piperidine rings is 1. The molecule has 1 aliphatic heterocycles. The molecular weight excluding hydrogens is 330 g/mol. The average Bonchev–Trinajstić information content (AvgIpc) is 2.53. The van der Waals surface area contributed by atoms with E-state index >= 15 is 0 Å². The number of carbonyl (C=O) groups is 2. The fourth-order valence-corrected chi connectivity index (χ4v) is 4.25. The van der Waals surface area contributed by atoms with Crippen molar-refractivity contribution in [2.24, 2.45) is 11.8 Å². The number of aliphatic carboxylic acids is 1. The fraction of sp³-hybridized carbons (Fsp3) is 0.529.